The van der Waals surface area contributed by atoms with Gasteiger partial charge in [-0.3, -0.25) is 9.36 Å². The molecule has 206 valence electrons. The van der Waals surface area contributed by atoms with Crippen molar-refractivity contribution in [2.75, 3.05) is 20.8 Å². The highest BCUT2D eigenvalue weighted by atomic mass is 79.9. The van der Waals surface area contributed by atoms with Gasteiger partial charge in [0, 0.05) is 26.1 Å². The van der Waals surface area contributed by atoms with Crippen LogP contribution in [0, 0.1) is 0 Å². The molecule has 0 spiro atoms. The van der Waals surface area contributed by atoms with E-state index >= 15 is 0 Å². The average molecular weight is 688 g/mol. The van der Waals surface area contributed by atoms with E-state index < -0.39 is 12.0 Å². The predicted octanol–water partition coefficient (Wildman–Crippen LogP) is 5.60. The van der Waals surface area contributed by atoms with Gasteiger partial charge in [0.15, 0.2) is 4.80 Å². The minimum Gasteiger partial charge on any atom is -0.497 e. The summed E-state index contributed by atoms with van der Waals surface area (Å²) in [5, 5.41) is 0. The molecule has 11 heteroatoms. The van der Waals surface area contributed by atoms with E-state index in [0.29, 0.717) is 43.6 Å². The summed E-state index contributed by atoms with van der Waals surface area (Å²) in [6.45, 7) is 3.64. The van der Waals surface area contributed by atoms with Crippen LogP contribution < -0.4 is 24.4 Å². The van der Waals surface area contributed by atoms with Gasteiger partial charge in [-0.1, -0.05) is 43.2 Å². The number of aromatic nitrogens is 1. The molecule has 1 aliphatic rings. The summed E-state index contributed by atoms with van der Waals surface area (Å²) in [7, 11) is 3.09. The van der Waals surface area contributed by atoms with Crippen LogP contribution >= 0.6 is 43.2 Å². The van der Waals surface area contributed by atoms with Gasteiger partial charge in [0.25, 0.3) is 5.56 Å². The van der Waals surface area contributed by atoms with Crippen LogP contribution in [0.15, 0.2) is 83.0 Å². The van der Waals surface area contributed by atoms with Crippen LogP contribution in [0.4, 0.5) is 0 Å². The minimum atomic E-state index is -0.840. The molecule has 0 N–H and O–H groups in total. The molecule has 0 radical (unpaired) electrons. The fourth-order valence-electron chi connectivity index (χ4n) is 4.53. The van der Waals surface area contributed by atoms with Crippen molar-refractivity contribution in [2.24, 2.45) is 4.99 Å². The Morgan fingerprint density at radius 1 is 1.12 bits per heavy atom. The van der Waals surface area contributed by atoms with E-state index in [0.717, 1.165) is 14.5 Å². The number of ether oxygens (including phenoxy) is 3. The normalized spacial score (nSPS) is 15.1. The number of benzene rings is 2. The number of halogens is 2. The van der Waals surface area contributed by atoms with Crippen molar-refractivity contribution in [1.29, 1.82) is 0 Å². The second kappa shape index (κ2) is 11.6. The van der Waals surface area contributed by atoms with Gasteiger partial charge in [0.05, 0.1) is 36.6 Å². The van der Waals surface area contributed by atoms with Gasteiger partial charge in [-0.15, -0.1) is 0 Å². The number of esters is 1. The highest BCUT2D eigenvalue weighted by molar-refractivity contribution is 9.11. The maximum atomic E-state index is 13.9. The van der Waals surface area contributed by atoms with E-state index in [1.54, 1.807) is 51.3 Å². The van der Waals surface area contributed by atoms with Crippen molar-refractivity contribution in [3.05, 3.63) is 99.8 Å². The maximum Gasteiger partial charge on any atom is 0.338 e. The quantitative estimate of drug-likeness (QED) is 0.235. The van der Waals surface area contributed by atoms with E-state index in [-0.39, 0.29) is 17.7 Å². The van der Waals surface area contributed by atoms with Crippen LogP contribution in [0.5, 0.6) is 11.5 Å². The van der Waals surface area contributed by atoms with Gasteiger partial charge < -0.3 is 18.6 Å². The summed E-state index contributed by atoms with van der Waals surface area (Å²) in [5.74, 6) is 1.64. The molecule has 2 aromatic heterocycles. The number of hydrogen-bond acceptors (Lipinski definition) is 8. The van der Waals surface area contributed by atoms with E-state index in [1.807, 2.05) is 24.3 Å². The van der Waals surface area contributed by atoms with Crippen molar-refractivity contribution in [2.45, 2.75) is 19.9 Å². The topological polar surface area (TPSA) is 92.3 Å². The summed E-state index contributed by atoms with van der Waals surface area (Å²) in [6.07, 6.45) is 1.68. The third-order valence-corrected chi connectivity index (χ3v) is 8.51. The van der Waals surface area contributed by atoms with Gasteiger partial charge in [0.2, 0.25) is 0 Å². The zero-order valence-electron chi connectivity index (χ0n) is 22.0. The van der Waals surface area contributed by atoms with E-state index in [9.17, 15) is 9.59 Å². The molecule has 4 aromatic rings. The molecule has 0 fully saturated rings. The van der Waals surface area contributed by atoms with Gasteiger partial charge >= 0.3 is 5.97 Å². The van der Waals surface area contributed by atoms with Crippen molar-refractivity contribution in [1.82, 2.24) is 4.57 Å². The summed E-state index contributed by atoms with van der Waals surface area (Å²) in [4.78, 5) is 32.2. The number of furan rings is 1. The molecule has 1 atom stereocenters. The molecule has 40 heavy (non-hydrogen) atoms. The molecule has 3 heterocycles. The van der Waals surface area contributed by atoms with Crippen LogP contribution in [0.25, 0.3) is 17.4 Å². The zero-order valence-corrected chi connectivity index (χ0v) is 26.0. The zero-order chi connectivity index (χ0) is 28.6. The number of rotatable bonds is 7. The van der Waals surface area contributed by atoms with Crippen LogP contribution in [0.2, 0.25) is 0 Å². The third kappa shape index (κ3) is 5.21. The highest BCUT2D eigenvalue weighted by Gasteiger charge is 2.35. The molecule has 0 unspecified atom stereocenters. The van der Waals surface area contributed by atoms with Crippen molar-refractivity contribution < 1.29 is 23.4 Å². The Labute approximate surface area is 250 Å². The Hall–Kier alpha value is -3.41. The minimum absolute atomic E-state index is 0.178. The lowest BCUT2D eigenvalue weighted by molar-refractivity contribution is -0.139. The van der Waals surface area contributed by atoms with Crippen LogP contribution in [0.3, 0.4) is 0 Å². The van der Waals surface area contributed by atoms with E-state index in [2.05, 4.69) is 36.9 Å². The van der Waals surface area contributed by atoms with Crippen molar-refractivity contribution in [3.63, 3.8) is 0 Å². The second-order valence-corrected chi connectivity index (χ2v) is 11.5. The fraction of sp³-hybridized carbons (Fsp3) is 0.207. The Morgan fingerprint density at radius 3 is 2.65 bits per heavy atom. The standard InChI is InChI=1S/C29H24Br2N2O6S/c1-5-38-28(35)25-15(2)32-29-33(26(25)20-13-17(36-3)7-10-22(20)37-4)27(34)24(40-29)14-18-8-11-23(39-18)19-12-16(30)6-9-21(19)31/h6-14,26H,5H2,1-4H3/b24-14+/t26-/m0/s1. The lowest BCUT2D eigenvalue weighted by Crippen LogP contribution is -2.40. The molecule has 0 saturated carbocycles. The first-order valence-electron chi connectivity index (χ1n) is 12.2. The fourth-order valence-corrected chi connectivity index (χ4v) is 6.36. The molecule has 0 aliphatic carbocycles. The van der Waals surface area contributed by atoms with Crippen LogP contribution in [-0.4, -0.2) is 31.4 Å². The molecule has 0 bridgehead atoms. The Bertz CT molecular complexity index is 1840. The maximum absolute atomic E-state index is 13.9. The number of thiazole rings is 1. The lowest BCUT2D eigenvalue weighted by atomic mass is 9.95. The monoisotopic (exact) mass is 686 g/mol. The first kappa shape index (κ1) is 28.1. The van der Waals surface area contributed by atoms with Crippen molar-refractivity contribution >= 4 is 55.2 Å². The molecule has 5 rings (SSSR count). The molecule has 8 nitrogen and oxygen atoms in total. The smallest absolute Gasteiger partial charge is 0.338 e. The van der Waals surface area contributed by atoms with Gasteiger partial charge in [-0.25, -0.2) is 9.79 Å². The molecule has 1 aliphatic heterocycles. The van der Waals surface area contributed by atoms with Crippen LogP contribution in [-0.2, 0) is 9.53 Å². The number of methoxy groups -OCH3 is 2. The van der Waals surface area contributed by atoms with E-state index in [1.165, 1.54) is 23.0 Å². The number of fused-ring (bicyclic) bond motifs is 1. The Balaban J connectivity index is 1.69. The molecule has 0 saturated heterocycles. The number of carbonyl (C=O) groups is 1. The summed E-state index contributed by atoms with van der Waals surface area (Å²) in [5.41, 5.74) is 1.84. The predicted molar refractivity (Wildman–Crippen MR) is 159 cm³/mol. The average Bonchev–Trinajstić information content (AvgIpc) is 3.53. The molecule has 0 amide bonds. The first-order chi connectivity index (χ1) is 19.2. The third-order valence-electron chi connectivity index (χ3n) is 6.34. The number of carbonyl (C=O) groups excluding carboxylic acids is 1. The summed E-state index contributed by atoms with van der Waals surface area (Å²) in [6, 6.07) is 13.9. The Kier molecular flexibility index (Phi) is 8.16. The number of hydrogen-bond donors (Lipinski definition) is 0. The first-order valence-corrected chi connectivity index (χ1v) is 14.6. The largest absolute Gasteiger partial charge is 0.497 e. The highest BCUT2D eigenvalue weighted by Crippen LogP contribution is 2.38. The van der Waals surface area contributed by atoms with Crippen LogP contribution in [0.1, 0.15) is 31.2 Å². The van der Waals surface area contributed by atoms with E-state index in [4.69, 9.17) is 18.6 Å². The number of allylic oxidation sites excluding steroid dienone is 1. The Morgan fingerprint density at radius 2 is 1.93 bits per heavy atom. The van der Waals surface area contributed by atoms with Crippen molar-refractivity contribution in [3.8, 4) is 22.8 Å². The molecular formula is C29H24Br2N2O6S. The SMILES string of the molecule is CCOC(=O)C1=C(C)N=c2s/c(=C/c3ccc(-c4cc(Br)ccc4Br)o3)c(=O)n2[C@H]1c1cc(OC)ccc1OC. The van der Waals surface area contributed by atoms with Gasteiger partial charge in [0.1, 0.15) is 29.1 Å². The molecular weight excluding hydrogens is 664 g/mol. The lowest BCUT2D eigenvalue weighted by Gasteiger charge is -2.26. The van der Waals surface area contributed by atoms with Gasteiger partial charge in [-0.05, 0) is 62.4 Å². The summed E-state index contributed by atoms with van der Waals surface area (Å²) >= 11 is 8.27. The number of nitrogens with zero attached hydrogens (tertiary/aromatic N) is 2. The summed E-state index contributed by atoms with van der Waals surface area (Å²) < 4.78 is 26.3. The second-order valence-electron chi connectivity index (χ2n) is 8.74. The van der Waals surface area contributed by atoms with Gasteiger partial charge in [-0.2, -0.15) is 0 Å². The molecule has 2 aromatic carbocycles.